The molecule has 0 aliphatic rings. The van der Waals surface area contributed by atoms with Crippen molar-refractivity contribution >= 4 is 10.0 Å². The van der Waals surface area contributed by atoms with Crippen LogP contribution in [0.5, 0.6) is 0 Å². The Kier molecular flexibility index (Phi) is 5.60. The summed E-state index contributed by atoms with van der Waals surface area (Å²) in [5, 5.41) is 7.06. The Morgan fingerprint density at radius 3 is 2.76 bits per heavy atom. The molecule has 0 fully saturated rings. The largest absolute Gasteiger partial charge is 0.316 e. The van der Waals surface area contributed by atoms with Crippen molar-refractivity contribution in [3.05, 3.63) is 18.0 Å². The second-order valence-electron chi connectivity index (χ2n) is 3.85. The number of nitrogens with one attached hydrogen (secondary N) is 2. The lowest BCUT2D eigenvalue weighted by atomic mass is 10.4. The molecule has 0 atom stereocenters. The highest BCUT2D eigenvalue weighted by molar-refractivity contribution is 7.89. The van der Waals surface area contributed by atoms with Gasteiger partial charge in [-0.2, -0.15) is 5.10 Å². The van der Waals surface area contributed by atoms with Crippen molar-refractivity contribution in [2.24, 2.45) is 0 Å². The standard InChI is InChI=1S/C10H20N4O2S/c1-3-11-5-7-17(15,16)13-4-6-14-9-10(2)8-12-14/h8-9,11,13H,3-7H2,1-2H3. The molecule has 0 saturated heterocycles. The van der Waals surface area contributed by atoms with Crippen LogP contribution in [0.25, 0.3) is 0 Å². The number of hydrogen-bond acceptors (Lipinski definition) is 4. The van der Waals surface area contributed by atoms with E-state index in [9.17, 15) is 8.42 Å². The summed E-state index contributed by atoms with van der Waals surface area (Å²) in [5.41, 5.74) is 1.07. The van der Waals surface area contributed by atoms with Crippen LogP contribution in [0.2, 0.25) is 0 Å². The first kappa shape index (κ1) is 14.1. The molecule has 1 rings (SSSR count). The van der Waals surface area contributed by atoms with Crippen molar-refractivity contribution in [1.82, 2.24) is 19.8 Å². The molecular formula is C10H20N4O2S. The van der Waals surface area contributed by atoms with E-state index in [-0.39, 0.29) is 5.75 Å². The predicted molar refractivity (Wildman–Crippen MR) is 67.3 cm³/mol. The van der Waals surface area contributed by atoms with Gasteiger partial charge in [0.1, 0.15) is 0 Å². The average molecular weight is 260 g/mol. The summed E-state index contributed by atoms with van der Waals surface area (Å²) in [6.07, 6.45) is 3.63. The lowest BCUT2D eigenvalue weighted by molar-refractivity contribution is 0.558. The van der Waals surface area contributed by atoms with Crippen LogP contribution in [0.3, 0.4) is 0 Å². The Balaban J connectivity index is 2.25. The molecule has 0 aromatic carbocycles. The SMILES string of the molecule is CCNCCS(=O)(=O)NCCn1cc(C)cn1. The molecule has 0 aliphatic carbocycles. The third-order valence-corrected chi connectivity index (χ3v) is 3.61. The summed E-state index contributed by atoms with van der Waals surface area (Å²) in [6, 6.07) is 0. The third-order valence-electron chi connectivity index (χ3n) is 2.22. The first-order valence-electron chi connectivity index (χ1n) is 5.70. The van der Waals surface area contributed by atoms with Gasteiger partial charge < -0.3 is 5.32 Å². The Bertz CT molecular complexity index is 427. The quantitative estimate of drug-likeness (QED) is 0.630. The number of rotatable bonds is 8. The Morgan fingerprint density at radius 1 is 1.41 bits per heavy atom. The predicted octanol–water partition coefficient (Wildman–Crippen LogP) is -0.280. The fraction of sp³-hybridized carbons (Fsp3) is 0.700. The summed E-state index contributed by atoms with van der Waals surface area (Å²) in [7, 11) is -3.17. The normalized spacial score (nSPS) is 11.9. The summed E-state index contributed by atoms with van der Waals surface area (Å²) in [5.74, 6) is 0.110. The second-order valence-corrected chi connectivity index (χ2v) is 5.77. The molecule has 1 heterocycles. The molecule has 7 heteroatoms. The van der Waals surface area contributed by atoms with Gasteiger partial charge in [-0.05, 0) is 19.0 Å². The molecule has 17 heavy (non-hydrogen) atoms. The van der Waals surface area contributed by atoms with Gasteiger partial charge in [-0.25, -0.2) is 13.1 Å². The highest BCUT2D eigenvalue weighted by atomic mass is 32.2. The molecule has 0 spiro atoms. The van der Waals surface area contributed by atoms with E-state index in [2.05, 4.69) is 15.1 Å². The maximum absolute atomic E-state index is 11.5. The topological polar surface area (TPSA) is 76.0 Å². The zero-order valence-corrected chi connectivity index (χ0v) is 11.1. The van der Waals surface area contributed by atoms with Crippen molar-refractivity contribution in [2.45, 2.75) is 20.4 Å². The van der Waals surface area contributed by atoms with Gasteiger partial charge >= 0.3 is 0 Å². The molecule has 0 aliphatic heterocycles. The number of aryl methyl sites for hydroxylation is 1. The molecule has 6 nitrogen and oxygen atoms in total. The third kappa shape index (κ3) is 5.81. The maximum Gasteiger partial charge on any atom is 0.212 e. The van der Waals surface area contributed by atoms with E-state index in [4.69, 9.17) is 0 Å². The molecule has 1 aromatic rings. The molecule has 98 valence electrons. The van der Waals surface area contributed by atoms with Gasteiger partial charge in [-0.3, -0.25) is 4.68 Å². The van der Waals surface area contributed by atoms with Crippen LogP contribution >= 0.6 is 0 Å². The molecule has 0 bridgehead atoms. The lowest BCUT2D eigenvalue weighted by Crippen LogP contribution is -2.33. The summed E-state index contributed by atoms with van der Waals surface area (Å²) >= 11 is 0. The van der Waals surface area contributed by atoms with E-state index in [0.717, 1.165) is 12.1 Å². The number of aromatic nitrogens is 2. The van der Waals surface area contributed by atoms with Crippen LogP contribution in [0.1, 0.15) is 12.5 Å². The summed E-state index contributed by atoms with van der Waals surface area (Å²) in [4.78, 5) is 0. The van der Waals surface area contributed by atoms with Crippen LogP contribution < -0.4 is 10.0 Å². The average Bonchev–Trinajstić information content (AvgIpc) is 2.64. The molecule has 0 saturated carbocycles. The zero-order chi connectivity index (χ0) is 12.7. The van der Waals surface area contributed by atoms with Crippen molar-refractivity contribution in [3.63, 3.8) is 0 Å². The lowest BCUT2D eigenvalue weighted by Gasteiger charge is -2.07. The van der Waals surface area contributed by atoms with Crippen LogP contribution in [0.15, 0.2) is 12.4 Å². The monoisotopic (exact) mass is 260 g/mol. The highest BCUT2D eigenvalue weighted by Gasteiger charge is 2.08. The first-order chi connectivity index (χ1) is 8.03. The van der Waals surface area contributed by atoms with Crippen LogP contribution in [0.4, 0.5) is 0 Å². The van der Waals surface area contributed by atoms with E-state index >= 15 is 0 Å². The molecule has 0 radical (unpaired) electrons. The maximum atomic E-state index is 11.5. The minimum absolute atomic E-state index is 0.110. The molecular weight excluding hydrogens is 240 g/mol. The second kappa shape index (κ2) is 6.73. The van der Waals surface area contributed by atoms with E-state index in [1.807, 2.05) is 20.0 Å². The van der Waals surface area contributed by atoms with E-state index < -0.39 is 10.0 Å². The van der Waals surface area contributed by atoms with Gasteiger partial charge in [0.05, 0.1) is 18.5 Å². The Hall–Kier alpha value is -0.920. The van der Waals surface area contributed by atoms with Crippen LogP contribution in [-0.2, 0) is 16.6 Å². The van der Waals surface area contributed by atoms with Gasteiger partial charge in [0, 0.05) is 19.3 Å². The molecule has 0 amide bonds. The zero-order valence-electron chi connectivity index (χ0n) is 10.3. The number of hydrogen-bond donors (Lipinski definition) is 2. The Morgan fingerprint density at radius 2 is 2.18 bits per heavy atom. The van der Waals surface area contributed by atoms with E-state index in [1.54, 1.807) is 10.9 Å². The van der Waals surface area contributed by atoms with Crippen molar-refractivity contribution in [1.29, 1.82) is 0 Å². The number of nitrogens with zero attached hydrogens (tertiary/aromatic N) is 2. The van der Waals surface area contributed by atoms with Crippen LogP contribution in [-0.4, -0.2) is 43.6 Å². The molecule has 0 unspecified atom stereocenters. The summed E-state index contributed by atoms with van der Waals surface area (Å²) in [6.45, 7) is 6.07. The molecule has 1 aromatic heterocycles. The number of sulfonamides is 1. The van der Waals surface area contributed by atoms with Crippen molar-refractivity contribution < 1.29 is 8.42 Å². The minimum atomic E-state index is -3.17. The highest BCUT2D eigenvalue weighted by Crippen LogP contribution is 1.93. The van der Waals surface area contributed by atoms with Gasteiger partial charge in [0.25, 0.3) is 0 Å². The Labute approximate surface area is 102 Å². The smallest absolute Gasteiger partial charge is 0.212 e. The van der Waals surface area contributed by atoms with E-state index in [1.165, 1.54) is 0 Å². The van der Waals surface area contributed by atoms with Gasteiger partial charge in [0.15, 0.2) is 0 Å². The van der Waals surface area contributed by atoms with Gasteiger partial charge in [0.2, 0.25) is 10.0 Å². The molecule has 2 N–H and O–H groups in total. The van der Waals surface area contributed by atoms with Crippen molar-refractivity contribution in [2.75, 3.05) is 25.4 Å². The first-order valence-corrected chi connectivity index (χ1v) is 7.36. The fourth-order valence-electron chi connectivity index (χ4n) is 1.36. The van der Waals surface area contributed by atoms with E-state index in [0.29, 0.717) is 19.6 Å². The van der Waals surface area contributed by atoms with Crippen LogP contribution in [0, 0.1) is 6.92 Å². The summed E-state index contributed by atoms with van der Waals surface area (Å²) < 4.78 is 27.3. The van der Waals surface area contributed by atoms with Gasteiger partial charge in [-0.1, -0.05) is 6.92 Å². The fourth-order valence-corrected chi connectivity index (χ4v) is 2.32. The van der Waals surface area contributed by atoms with Crippen molar-refractivity contribution in [3.8, 4) is 0 Å². The minimum Gasteiger partial charge on any atom is -0.316 e. The van der Waals surface area contributed by atoms with Gasteiger partial charge in [-0.15, -0.1) is 0 Å².